The Labute approximate surface area is 132 Å². The minimum absolute atomic E-state index is 0.937. The molecular weight excluding hydrogens is 278 g/mol. The lowest BCUT2D eigenvalue weighted by molar-refractivity contribution is 0.318. The van der Waals surface area contributed by atoms with Crippen LogP contribution >= 0.6 is 11.3 Å². The third-order valence-corrected chi connectivity index (χ3v) is 4.51. The zero-order valence-electron chi connectivity index (χ0n) is 13.2. The van der Waals surface area contributed by atoms with Gasteiger partial charge in [0.1, 0.15) is 0 Å². The van der Waals surface area contributed by atoms with E-state index in [2.05, 4.69) is 48.2 Å². The van der Waals surface area contributed by atoms with E-state index >= 15 is 0 Å². The van der Waals surface area contributed by atoms with Gasteiger partial charge in [0.05, 0.1) is 0 Å². The molecule has 114 valence electrons. The molecule has 2 aromatic rings. The van der Waals surface area contributed by atoms with Crippen LogP contribution in [0.1, 0.15) is 34.2 Å². The van der Waals surface area contributed by atoms with Crippen molar-refractivity contribution in [2.45, 2.75) is 39.9 Å². The van der Waals surface area contributed by atoms with Gasteiger partial charge in [0.2, 0.25) is 0 Å². The molecule has 21 heavy (non-hydrogen) atoms. The maximum Gasteiger partial charge on any atom is 0.0312 e. The number of nitrogens with one attached hydrogen (secondary N) is 1. The summed E-state index contributed by atoms with van der Waals surface area (Å²) in [7, 11) is 2.17. The van der Waals surface area contributed by atoms with Gasteiger partial charge in [-0.15, -0.1) is 11.3 Å². The van der Waals surface area contributed by atoms with E-state index in [0.717, 1.165) is 26.2 Å². The topological polar surface area (TPSA) is 28.2 Å². The molecule has 4 heteroatoms. The van der Waals surface area contributed by atoms with E-state index in [9.17, 15) is 0 Å². The third-order valence-electron chi connectivity index (χ3n) is 3.41. The molecule has 0 bridgehead atoms. The van der Waals surface area contributed by atoms with Crippen LogP contribution < -0.4 is 5.32 Å². The van der Waals surface area contributed by atoms with Crippen LogP contribution in [0.15, 0.2) is 30.6 Å². The van der Waals surface area contributed by atoms with Gasteiger partial charge in [-0.2, -0.15) is 0 Å². The van der Waals surface area contributed by atoms with E-state index in [1.54, 1.807) is 0 Å². The highest BCUT2D eigenvalue weighted by molar-refractivity contribution is 7.12. The molecule has 0 spiro atoms. The van der Waals surface area contributed by atoms with Crippen molar-refractivity contribution in [1.29, 1.82) is 0 Å². The van der Waals surface area contributed by atoms with Crippen LogP contribution in [0.3, 0.4) is 0 Å². The fourth-order valence-corrected chi connectivity index (χ4v) is 3.39. The zero-order valence-corrected chi connectivity index (χ0v) is 14.0. The van der Waals surface area contributed by atoms with Crippen LogP contribution in [0.25, 0.3) is 0 Å². The second-order valence-corrected chi connectivity index (χ2v) is 6.85. The van der Waals surface area contributed by atoms with E-state index in [4.69, 9.17) is 0 Å². The molecule has 0 atom stereocenters. The first-order chi connectivity index (χ1) is 10.2. The summed E-state index contributed by atoms with van der Waals surface area (Å²) in [6.07, 6.45) is 4.95. The van der Waals surface area contributed by atoms with Gasteiger partial charge >= 0.3 is 0 Å². The lowest BCUT2D eigenvalue weighted by atomic mass is 10.2. The Hall–Kier alpha value is -1.23. The highest BCUT2D eigenvalue weighted by Gasteiger charge is 2.08. The lowest BCUT2D eigenvalue weighted by Gasteiger charge is -2.16. The van der Waals surface area contributed by atoms with Gasteiger partial charge in [-0.3, -0.25) is 9.88 Å². The summed E-state index contributed by atoms with van der Waals surface area (Å²) in [6, 6.07) is 6.48. The summed E-state index contributed by atoms with van der Waals surface area (Å²) in [5.41, 5.74) is 2.71. The van der Waals surface area contributed by atoms with Crippen molar-refractivity contribution in [1.82, 2.24) is 15.2 Å². The summed E-state index contributed by atoms with van der Waals surface area (Å²) in [5.74, 6) is 0. The summed E-state index contributed by atoms with van der Waals surface area (Å²) in [6.45, 7) is 8.43. The number of hydrogen-bond acceptors (Lipinski definition) is 4. The standard InChI is InChI=1S/C17H25N3S/c1-4-7-18-11-17-9-16(14(2)21-17)13-20(3)12-15-6-5-8-19-10-15/h5-6,8-10,18H,4,7,11-13H2,1-3H3. The van der Waals surface area contributed by atoms with Gasteiger partial charge in [0.15, 0.2) is 0 Å². The second kappa shape index (κ2) is 8.27. The summed E-state index contributed by atoms with van der Waals surface area (Å²) in [4.78, 5) is 9.39. The van der Waals surface area contributed by atoms with E-state index in [-0.39, 0.29) is 0 Å². The molecule has 0 unspecified atom stereocenters. The first kappa shape index (κ1) is 16.1. The second-order valence-electron chi connectivity index (χ2n) is 5.50. The molecule has 2 heterocycles. The van der Waals surface area contributed by atoms with Crippen molar-refractivity contribution in [3.8, 4) is 0 Å². The van der Waals surface area contributed by atoms with E-state index in [1.807, 2.05) is 29.8 Å². The number of rotatable bonds is 8. The molecule has 3 nitrogen and oxygen atoms in total. The summed E-state index contributed by atoms with van der Waals surface area (Å²) >= 11 is 1.91. The minimum Gasteiger partial charge on any atom is -0.312 e. The number of pyridine rings is 1. The molecule has 0 aromatic carbocycles. The zero-order chi connectivity index (χ0) is 15.1. The molecule has 0 aliphatic rings. The highest BCUT2D eigenvalue weighted by Crippen LogP contribution is 2.23. The Morgan fingerprint density at radius 1 is 1.33 bits per heavy atom. The van der Waals surface area contributed by atoms with Crippen LogP contribution in [0.4, 0.5) is 0 Å². The van der Waals surface area contributed by atoms with Crippen molar-refractivity contribution >= 4 is 11.3 Å². The van der Waals surface area contributed by atoms with Gasteiger partial charge in [-0.25, -0.2) is 0 Å². The molecule has 1 N–H and O–H groups in total. The van der Waals surface area contributed by atoms with Crippen LogP contribution in [0.2, 0.25) is 0 Å². The fourth-order valence-electron chi connectivity index (χ4n) is 2.37. The van der Waals surface area contributed by atoms with Crippen molar-refractivity contribution < 1.29 is 0 Å². The van der Waals surface area contributed by atoms with Crippen molar-refractivity contribution in [3.63, 3.8) is 0 Å². The lowest BCUT2D eigenvalue weighted by Crippen LogP contribution is -2.17. The number of hydrogen-bond donors (Lipinski definition) is 1. The van der Waals surface area contributed by atoms with Gasteiger partial charge < -0.3 is 5.32 Å². The predicted molar refractivity (Wildman–Crippen MR) is 90.5 cm³/mol. The minimum atomic E-state index is 0.937. The Kier molecular flexibility index (Phi) is 6.36. The molecule has 0 radical (unpaired) electrons. The Balaban J connectivity index is 1.89. The molecule has 0 fully saturated rings. The monoisotopic (exact) mass is 303 g/mol. The predicted octanol–water partition coefficient (Wildman–Crippen LogP) is 3.58. The van der Waals surface area contributed by atoms with Crippen molar-refractivity contribution in [2.24, 2.45) is 0 Å². The largest absolute Gasteiger partial charge is 0.312 e. The van der Waals surface area contributed by atoms with Crippen molar-refractivity contribution in [3.05, 3.63) is 51.5 Å². The molecular formula is C17H25N3S. The van der Waals surface area contributed by atoms with Gasteiger partial charge in [-0.05, 0) is 50.2 Å². The first-order valence-corrected chi connectivity index (χ1v) is 8.37. The third kappa shape index (κ3) is 5.23. The van der Waals surface area contributed by atoms with Crippen LogP contribution in [0, 0.1) is 6.92 Å². The molecule has 0 amide bonds. The number of aryl methyl sites for hydroxylation is 1. The fraction of sp³-hybridized carbons (Fsp3) is 0.471. The SMILES string of the molecule is CCCNCc1cc(CN(C)Cc2cccnc2)c(C)s1. The number of nitrogens with zero attached hydrogens (tertiary/aromatic N) is 2. The first-order valence-electron chi connectivity index (χ1n) is 7.55. The summed E-state index contributed by atoms with van der Waals surface area (Å²) in [5, 5.41) is 3.47. The smallest absolute Gasteiger partial charge is 0.0312 e. The van der Waals surface area contributed by atoms with Crippen LogP contribution in [0.5, 0.6) is 0 Å². The van der Waals surface area contributed by atoms with Crippen LogP contribution in [-0.2, 0) is 19.6 Å². The Bertz CT molecular complexity index is 536. The highest BCUT2D eigenvalue weighted by atomic mass is 32.1. The normalized spacial score (nSPS) is 11.2. The van der Waals surface area contributed by atoms with Gasteiger partial charge in [-0.1, -0.05) is 13.0 Å². The van der Waals surface area contributed by atoms with E-state index < -0.39 is 0 Å². The average molecular weight is 303 g/mol. The van der Waals surface area contributed by atoms with E-state index in [0.29, 0.717) is 0 Å². The molecule has 0 saturated heterocycles. The number of aromatic nitrogens is 1. The van der Waals surface area contributed by atoms with E-state index in [1.165, 1.54) is 27.3 Å². The summed E-state index contributed by atoms with van der Waals surface area (Å²) < 4.78 is 0. The molecule has 0 aliphatic heterocycles. The Morgan fingerprint density at radius 3 is 2.90 bits per heavy atom. The maximum atomic E-state index is 4.18. The average Bonchev–Trinajstić information content (AvgIpc) is 2.80. The molecule has 0 saturated carbocycles. The molecule has 0 aliphatic carbocycles. The van der Waals surface area contributed by atoms with Gasteiger partial charge in [0, 0.05) is 41.8 Å². The molecule has 2 aromatic heterocycles. The van der Waals surface area contributed by atoms with Gasteiger partial charge in [0.25, 0.3) is 0 Å². The molecule has 2 rings (SSSR count). The Morgan fingerprint density at radius 2 is 2.19 bits per heavy atom. The van der Waals surface area contributed by atoms with Crippen molar-refractivity contribution in [2.75, 3.05) is 13.6 Å². The maximum absolute atomic E-state index is 4.18. The van der Waals surface area contributed by atoms with Crippen LogP contribution in [-0.4, -0.2) is 23.5 Å². The quantitative estimate of drug-likeness (QED) is 0.756. The number of thiophene rings is 1.